The molecule has 35 heavy (non-hydrogen) atoms. The van der Waals surface area contributed by atoms with Gasteiger partial charge in [-0.25, -0.2) is 4.98 Å². The highest BCUT2D eigenvalue weighted by molar-refractivity contribution is 6.30. The Hall–Kier alpha value is -3.85. The van der Waals surface area contributed by atoms with Gasteiger partial charge in [0.05, 0.1) is 16.8 Å². The van der Waals surface area contributed by atoms with Crippen LogP contribution in [0.5, 0.6) is 0 Å². The molecule has 1 aliphatic rings. The predicted octanol–water partition coefficient (Wildman–Crippen LogP) is 5.61. The molecule has 2 aromatic heterocycles. The summed E-state index contributed by atoms with van der Waals surface area (Å²) in [6, 6.07) is 9.63. The summed E-state index contributed by atoms with van der Waals surface area (Å²) < 4.78 is 39.6. The molecule has 180 valence electrons. The third-order valence-corrected chi connectivity index (χ3v) is 5.78. The highest BCUT2D eigenvalue weighted by Crippen LogP contribution is 2.29. The van der Waals surface area contributed by atoms with Crippen LogP contribution in [0.3, 0.4) is 0 Å². The van der Waals surface area contributed by atoms with E-state index in [1.165, 1.54) is 10.6 Å². The molecule has 0 atom stereocenters. The SMILES string of the molecule is CN/C(C)=C1/C=C(n2cc3ccc(NCC(F)(F)F)nc3c(-c3ccc(Cl)cc3)c2=O)C=CC1=N. The fraction of sp³-hybridized carbons (Fsp3) is 0.160. The summed E-state index contributed by atoms with van der Waals surface area (Å²) in [4.78, 5) is 18.1. The molecule has 0 bridgehead atoms. The smallest absolute Gasteiger partial charge is 0.391 e. The lowest BCUT2D eigenvalue weighted by molar-refractivity contribution is -0.115. The van der Waals surface area contributed by atoms with Crippen LogP contribution in [0.2, 0.25) is 5.02 Å². The Balaban J connectivity index is 1.95. The van der Waals surface area contributed by atoms with Crippen molar-refractivity contribution < 1.29 is 13.2 Å². The molecular formula is C25H21ClF3N5O. The van der Waals surface area contributed by atoms with Crippen molar-refractivity contribution in [3.63, 3.8) is 0 Å². The molecule has 4 rings (SSSR count). The van der Waals surface area contributed by atoms with Crippen LogP contribution >= 0.6 is 11.6 Å². The van der Waals surface area contributed by atoms with Crippen LogP contribution in [0.1, 0.15) is 6.92 Å². The van der Waals surface area contributed by atoms with Crippen molar-refractivity contribution in [3.05, 3.63) is 87.5 Å². The first-order valence-corrected chi connectivity index (χ1v) is 11.0. The number of halogens is 4. The molecule has 10 heteroatoms. The molecule has 1 aromatic carbocycles. The van der Waals surface area contributed by atoms with Crippen LogP contribution in [-0.2, 0) is 0 Å². The third-order valence-electron chi connectivity index (χ3n) is 5.53. The van der Waals surface area contributed by atoms with Gasteiger partial charge in [0.2, 0.25) is 0 Å². The van der Waals surface area contributed by atoms with E-state index in [9.17, 15) is 18.0 Å². The minimum absolute atomic E-state index is 0.00211. The third kappa shape index (κ3) is 5.14. The lowest BCUT2D eigenvalue weighted by Crippen LogP contribution is -2.23. The van der Waals surface area contributed by atoms with Gasteiger partial charge in [0.1, 0.15) is 12.4 Å². The first-order valence-electron chi connectivity index (χ1n) is 10.6. The summed E-state index contributed by atoms with van der Waals surface area (Å²) in [5.41, 5.74) is 2.83. The Bertz CT molecular complexity index is 1470. The largest absolute Gasteiger partial charge is 0.405 e. The van der Waals surface area contributed by atoms with Gasteiger partial charge in [0.25, 0.3) is 5.56 Å². The van der Waals surface area contributed by atoms with Gasteiger partial charge in [0, 0.05) is 40.6 Å². The Morgan fingerprint density at radius 3 is 2.51 bits per heavy atom. The summed E-state index contributed by atoms with van der Waals surface area (Å²) in [7, 11) is 1.75. The van der Waals surface area contributed by atoms with Gasteiger partial charge in [-0.1, -0.05) is 23.7 Å². The maximum absolute atomic E-state index is 13.8. The van der Waals surface area contributed by atoms with E-state index < -0.39 is 18.3 Å². The van der Waals surface area contributed by atoms with Gasteiger partial charge in [0.15, 0.2) is 0 Å². The standard InChI is InChI=1S/C25H21ClF3N5O/c1-14(31-2)19-11-18(8-9-20(19)30)34-12-16-5-10-21(32-13-25(27,28)29)33-23(16)22(24(34)35)15-3-6-17(26)7-4-15/h3-12,30-31H,13H2,1-2H3,(H,32,33)/b19-14-,30-20?. The summed E-state index contributed by atoms with van der Waals surface area (Å²) in [5, 5.41) is 14.5. The molecular weight excluding hydrogens is 479 g/mol. The van der Waals surface area contributed by atoms with Crippen molar-refractivity contribution in [2.24, 2.45) is 0 Å². The van der Waals surface area contributed by atoms with Crippen LogP contribution in [-0.4, -0.2) is 35.0 Å². The van der Waals surface area contributed by atoms with Gasteiger partial charge in [-0.2, -0.15) is 13.2 Å². The zero-order valence-corrected chi connectivity index (χ0v) is 19.6. The molecule has 3 N–H and O–H groups in total. The summed E-state index contributed by atoms with van der Waals surface area (Å²) in [6.07, 6.45) is 2.19. The second kappa shape index (κ2) is 9.42. The van der Waals surface area contributed by atoms with Gasteiger partial charge in [-0.3, -0.25) is 9.36 Å². The molecule has 6 nitrogen and oxygen atoms in total. The van der Waals surface area contributed by atoms with E-state index in [2.05, 4.69) is 15.6 Å². The van der Waals surface area contributed by atoms with Crippen molar-refractivity contribution in [1.82, 2.24) is 14.9 Å². The van der Waals surface area contributed by atoms with Crippen molar-refractivity contribution >= 4 is 39.7 Å². The molecule has 0 aliphatic heterocycles. The van der Waals surface area contributed by atoms with Crippen molar-refractivity contribution in [2.45, 2.75) is 13.1 Å². The zero-order valence-electron chi connectivity index (χ0n) is 18.8. The van der Waals surface area contributed by atoms with E-state index >= 15 is 0 Å². The number of fused-ring (bicyclic) bond motifs is 1. The van der Waals surface area contributed by atoms with E-state index in [1.54, 1.807) is 61.8 Å². The molecule has 0 saturated heterocycles. The number of anilines is 1. The fourth-order valence-electron chi connectivity index (χ4n) is 3.68. The molecule has 0 spiro atoms. The Kier molecular flexibility index (Phi) is 6.53. The van der Waals surface area contributed by atoms with Crippen molar-refractivity contribution in [2.75, 3.05) is 18.9 Å². The molecule has 2 heterocycles. The number of alkyl halides is 3. The number of pyridine rings is 2. The monoisotopic (exact) mass is 499 g/mol. The second-order valence-electron chi connectivity index (χ2n) is 7.89. The zero-order chi connectivity index (χ0) is 25.3. The number of aromatic nitrogens is 2. The van der Waals surface area contributed by atoms with E-state index in [4.69, 9.17) is 17.0 Å². The average Bonchev–Trinajstić information content (AvgIpc) is 2.82. The molecule has 0 unspecified atom stereocenters. The second-order valence-corrected chi connectivity index (χ2v) is 8.33. The van der Waals surface area contributed by atoms with Gasteiger partial charge in [-0.15, -0.1) is 0 Å². The minimum atomic E-state index is -4.41. The van der Waals surface area contributed by atoms with Crippen molar-refractivity contribution in [3.8, 4) is 11.1 Å². The number of hydrogen-bond donors (Lipinski definition) is 3. The maximum Gasteiger partial charge on any atom is 0.405 e. The van der Waals surface area contributed by atoms with Crippen LogP contribution in [0.15, 0.2) is 76.9 Å². The molecule has 0 radical (unpaired) electrons. The quantitative estimate of drug-likeness (QED) is 0.426. The van der Waals surface area contributed by atoms with Gasteiger partial charge >= 0.3 is 6.18 Å². The number of allylic oxidation sites excluding steroid dienone is 6. The normalized spacial score (nSPS) is 15.3. The maximum atomic E-state index is 13.8. The van der Waals surface area contributed by atoms with E-state index in [1.807, 2.05) is 6.92 Å². The Morgan fingerprint density at radius 2 is 1.86 bits per heavy atom. The lowest BCUT2D eigenvalue weighted by Gasteiger charge is -2.18. The van der Waals surface area contributed by atoms with Crippen LogP contribution in [0.25, 0.3) is 27.7 Å². The molecule has 3 aromatic rings. The first kappa shape index (κ1) is 24.3. The van der Waals surface area contributed by atoms with Gasteiger partial charge < -0.3 is 16.0 Å². The number of rotatable bonds is 5. The summed E-state index contributed by atoms with van der Waals surface area (Å²) >= 11 is 6.03. The number of benzene rings is 1. The molecule has 0 amide bonds. The topological polar surface area (TPSA) is 82.8 Å². The van der Waals surface area contributed by atoms with Gasteiger partial charge in [-0.05, 0) is 55.0 Å². The number of hydrogen-bond acceptors (Lipinski definition) is 5. The van der Waals surface area contributed by atoms with Crippen molar-refractivity contribution in [1.29, 1.82) is 5.41 Å². The molecule has 0 saturated carbocycles. The van der Waals surface area contributed by atoms with Crippen LogP contribution in [0.4, 0.5) is 19.0 Å². The number of nitrogens with zero attached hydrogens (tertiary/aromatic N) is 2. The predicted molar refractivity (Wildman–Crippen MR) is 134 cm³/mol. The first-order chi connectivity index (χ1) is 16.6. The highest BCUT2D eigenvalue weighted by atomic mass is 35.5. The van der Waals surface area contributed by atoms with Crippen LogP contribution in [0, 0.1) is 5.41 Å². The summed E-state index contributed by atoms with van der Waals surface area (Å²) in [6.45, 7) is 0.585. The van der Waals surface area contributed by atoms with E-state index in [-0.39, 0.29) is 16.9 Å². The van der Waals surface area contributed by atoms with E-state index in [0.717, 1.165) is 5.70 Å². The summed E-state index contributed by atoms with van der Waals surface area (Å²) in [5.74, 6) is 0.00211. The minimum Gasteiger partial charge on any atom is -0.391 e. The lowest BCUT2D eigenvalue weighted by atomic mass is 10.0. The highest BCUT2D eigenvalue weighted by Gasteiger charge is 2.27. The average molecular weight is 500 g/mol. The Labute approximate surface area is 204 Å². The van der Waals surface area contributed by atoms with E-state index in [0.29, 0.717) is 33.0 Å². The Morgan fingerprint density at radius 1 is 1.14 bits per heavy atom. The molecule has 1 aliphatic carbocycles. The fourth-order valence-corrected chi connectivity index (χ4v) is 3.80. The molecule has 0 fully saturated rings. The van der Waals surface area contributed by atoms with Crippen LogP contribution < -0.4 is 16.2 Å². The number of nitrogens with one attached hydrogen (secondary N) is 3.